The van der Waals surface area contributed by atoms with Gasteiger partial charge < -0.3 is 33.2 Å². The molecule has 10 heteroatoms. The molecular formula is C33H42O10. The van der Waals surface area contributed by atoms with Crippen LogP contribution in [0.2, 0.25) is 0 Å². The van der Waals surface area contributed by atoms with Crippen LogP contribution in [0, 0.1) is 6.92 Å². The molecule has 0 saturated carbocycles. The van der Waals surface area contributed by atoms with E-state index < -0.39 is 17.9 Å². The molecule has 0 bridgehead atoms. The first-order chi connectivity index (χ1) is 18.9. The molecule has 0 amide bonds. The average molecular weight is 599 g/mol. The van der Waals surface area contributed by atoms with Gasteiger partial charge in [-0.05, 0) is 79.2 Å². The van der Waals surface area contributed by atoms with Crippen LogP contribution in [-0.2, 0) is 19.1 Å². The Morgan fingerprint density at radius 2 is 1.02 bits per heavy atom. The van der Waals surface area contributed by atoms with E-state index in [1.807, 2.05) is 6.92 Å². The van der Waals surface area contributed by atoms with Crippen molar-refractivity contribution in [2.75, 3.05) is 20.4 Å². The standard InChI is InChI=1S/C29H26O10.4CH4/c1-4-27(30)37-18-34-22-8-6-21(7-9-22)29(32)39-25-14-15-26(20(3)16-25)36-17-33-23-10-12-24(13-11-23)35-19-38-28(31)5-2;;;;/h4-16H,1-2,17-19H2,3H3;4*1H4. The maximum absolute atomic E-state index is 12.5. The van der Waals surface area contributed by atoms with Gasteiger partial charge in [-0.15, -0.1) is 0 Å². The van der Waals surface area contributed by atoms with Gasteiger partial charge in [-0.1, -0.05) is 42.9 Å². The van der Waals surface area contributed by atoms with E-state index in [0.717, 1.165) is 17.7 Å². The lowest BCUT2D eigenvalue weighted by Crippen LogP contribution is -2.10. The molecule has 0 aliphatic carbocycles. The monoisotopic (exact) mass is 598 g/mol. The Hall–Kier alpha value is -5.25. The average Bonchev–Trinajstić information content (AvgIpc) is 2.95. The van der Waals surface area contributed by atoms with E-state index in [4.69, 9.17) is 33.2 Å². The maximum Gasteiger partial charge on any atom is 0.343 e. The Kier molecular flexibility index (Phi) is 19.1. The van der Waals surface area contributed by atoms with Crippen molar-refractivity contribution in [3.63, 3.8) is 0 Å². The van der Waals surface area contributed by atoms with Gasteiger partial charge in [-0.2, -0.15) is 0 Å². The zero-order valence-corrected chi connectivity index (χ0v) is 21.1. The van der Waals surface area contributed by atoms with Crippen molar-refractivity contribution in [3.05, 3.63) is 103 Å². The van der Waals surface area contributed by atoms with E-state index in [-0.39, 0.29) is 50.1 Å². The Labute approximate surface area is 254 Å². The van der Waals surface area contributed by atoms with Gasteiger partial charge in [0.05, 0.1) is 5.56 Å². The Balaban J connectivity index is 0. The number of aryl methyl sites for hydroxylation is 1. The van der Waals surface area contributed by atoms with Crippen molar-refractivity contribution in [3.8, 4) is 28.7 Å². The van der Waals surface area contributed by atoms with Gasteiger partial charge in [0.2, 0.25) is 20.4 Å². The minimum atomic E-state index is -0.599. The number of hydrogen-bond acceptors (Lipinski definition) is 10. The van der Waals surface area contributed by atoms with Crippen LogP contribution < -0.4 is 23.7 Å². The number of rotatable bonds is 14. The Morgan fingerprint density at radius 1 is 0.605 bits per heavy atom. The molecular weight excluding hydrogens is 556 g/mol. The zero-order chi connectivity index (χ0) is 28.0. The minimum absolute atomic E-state index is 0. The Bertz CT molecular complexity index is 1300. The first-order valence-electron chi connectivity index (χ1n) is 11.5. The van der Waals surface area contributed by atoms with Crippen molar-refractivity contribution >= 4 is 17.9 Å². The highest BCUT2D eigenvalue weighted by Gasteiger charge is 2.11. The molecule has 0 aliphatic heterocycles. The smallest absolute Gasteiger partial charge is 0.343 e. The molecule has 0 spiro atoms. The molecule has 0 saturated heterocycles. The highest BCUT2D eigenvalue weighted by molar-refractivity contribution is 5.91. The number of carbonyl (C=O) groups excluding carboxylic acids is 3. The summed E-state index contributed by atoms with van der Waals surface area (Å²) in [7, 11) is 0. The summed E-state index contributed by atoms with van der Waals surface area (Å²) in [6.45, 7) is 7.85. The molecule has 0 fully saturated rings. The van der Waals surface area contributed by atoms with Crippen molar-refractivity contribution < 1.29 is 47.5 Å². The molecule has 234 valence electrons. The van der Waals surface area contributed by atoms with Gasteiger partial charge >= 0.3 is 17.9 Å². The number of benzene rings is 3. The molecule has 3 aromatic rings. The fourth-order valence-electron chi connectivity index (χ4n) is 2.92. The molecule has 0 N–H and O–H groups in total. The fraction of sp³-hybridized carbons (Fsp3) is 0.242. The van der Waals surface area contributed by atoms with Gasteiger partial charge in [-0.25, -0.2) is 14.4 Å². The van der Waals surface area contributed by atoms with E-state index >= 15 is 0 Å². The summed E-state index contributed by atoms with van der Waals surface area (Å²) >= 11 is 0. The first kappa shape index (κ1) is 39.9. The molecule has 0 aromatic heterocycles. The van der Waals surface area contributed by atoms with Gasteiger partial charge in [0, 0.05) is 12.2 Å². The van der Waals surface area contributed by atoms with Crippen molar-refractivity contribution in [1.82, 2.24) is 0 Å². The maximum atomic E-state index is 12.5. The van der Waals surface area contributed by atoms with Crippen molar-refractivity contribution in [2.45, 2.75) is 36.6 Å². The van der Waals surface area contributed by atoms with E-state index in [0.29, 0.717) is 34.3 Å². The van der Waals surface area contributed by atoms with Crippen LogP contribution >= 0.6 is 0 Å². The summed E-state index contributed by atoms with van der Waals surface area (Å²) in [4.78, 5) is 34.5. The highest BCUT2D eigenvalue weighted by Crippen LogP contribution is 2.25. The third kappa shape index (κ3) is 13.3. The van der Waals surface area contributed by atoms with Crippen LogP contribution in [0.25, 0.3) is 0 Å². The molecule has 0 aliphatic rings. The van der Waals surface area contributed by atoms with Crippen LogP contribution in [-0.4, -0.2) is 38.3 Å². The second-order valence-corrected chi connectivity index (χ2v) is 7.58. The Morgan fingerprint density at radius 3 is 1.47 bits per heavy atom. The molecule has 0 unspecified atom stereocenters. The van der Waals surface area contributed by atoms with Crippen LogP contribution in [0.15, 0.2) is 92.0 Å². The number of carbonyl (C=O) groups is 3. The molecule has 10 nitrogen and oxygen atoms in total. The SMILES string of the molecule is C.C.C.C.C=CC(=O)OCOc1ccc(OCOc2ccc(OC(=O)c3ccc(OCOC(=O)C=C)cc3)cc2C)cc1. The van der Waals surface area contributed by atoms with Crippen LogP contribution in [0.5, 0.6) is 28.7 Å². The number of hydrogen-bond donors (Lipinski definition) is 0. The van der Waals surface area contributed by atoms with Gasteiger partial charge in [0.15, 0.2) is 0 Å². The van der Waals surface area contributed by atoms with Crippen molar-refractivity contribution in [1.29, 1.82) is 0 Å². The zero-order valence-electron chi connectivity index (χ0n) is 21.1. The number of ether oxygens (including phenoxy) is 7. The molecule has 0 atom stereocenters. The predicted octanol–water partition coefficient (Wildman–Crippen LogP) is 7.30. The van der Waals surface area contributed by atoms with E-state index in [1.54, 1.807) is 54.6 Å². The van der Waals surface area contributed by atoms with E-state index in [1.165, 1.54) is 12.1 Å². The fourth-order valence-corrected chi connectivity index (χ4v) is 2.92. The van der Waals surface area contributed by atoms with Gasteiger partial charge in [-0.3, -0.25) is 0 Å². The molecule has 0 heterocycles. The largest absolute Gasteiger partial charge is 0.457 e. The molecule has 43 heavy (non-hydrogen) atoms. The third-order valence-electron chi connectivity index (χ3n) is 4.90. The van der Waals surface area contributed by atoms with Crippen LogP contribution in [0.3, 0.4) is 0 Å². The molecule has 3 rings (SSSR count). The van der Waals surface area contributed by atoms with E-state index in [9.17, 15) is 14.4 Å². The highest BCUT2D eigenvalue weighted by atomic mass is 16.7. The van der Waals surface area contributed by atoms with E-state index in [2.05, 4.69) is 13.2 Å². The van der Waals surface area contributed by atoms with Gasteiger partial charge in [0.1, 0.15) is 28.7 Å². The normalized spacial score (nSPS) is 9.05. The molecule has 0 radical (unpaired) electrons. The second-order valence-electron chi connectivity index (χ2n) is 7.58. The second kappa shape index (κ2) is 20.6. The van der Waals surface area contributed by atoms with Gasteiger partial charge in [0.25, 0.3) is 0 Å². The van der Waals surface area contributed by atoms with Crippen LogP contribution in [0.4, 0.5) is 0 Å². The summed E-state index contributed by atoms with van der Waals surface area (Å²) < 4.78 is 36.7. The number of esters is 3. The quantitative estimate of drug-likeness (QED) is 0.0809. The van der Waals surface area contributed by atoms with Crippen molar-refractivity contribution in [2.24, 2.45) is 0 Å². The summed E-state index contributed by atoms with van der Waals surface area (Å²) in [5.41, 5.74) is 1.05. The lowest BCUT2D eigenvalue weighted by Gasteiger charge is -2.12. The third-order valence-corrected chi connectivity index (χ3v) is 4.90. The predicted molar refractivity (Wildman–Crippen MR) is 166 cm³/mol. The lowest BCUT2D eigenvalue weighted by molar-refractivity contribution is -0.145. The topological polar surface area (TPSA) is 116 Å². The summed E-state index contributed by atoms with van der Waals surface area (Å²) in [5.74, 6) is 0.630. The molecule has 3 aromatic carbocycles. The van der Waals surface area contributed by atoms with Crippen LogP contribution in [0.1, 0.15) is 45.6 Å². The lowest BCUT2D eigenvalue weighted by atomic mass is 10.2. The summed E-state index contributed by atoms with van der Waals surface area (Å²) in [6.07, 6.45) is 2.08. The summed E-state index contributed by atoms with van der Waals surface area (Å²) in [5, 5.41) is 0. The summed E-state index contributed by atoms with van der Waals surface area (Å²) in [6, 6.07) is 17.8. The minimum Gasteiger partial charge on any atom is -0.457 e. The first-order valence-corrected chi connectivity index (χ1v) is 11.5.